The van der Waals surface area contributed by atoms with Gasteiger partial charge in [-0.25, -0.2) is 4.39 Å². The second kappa shape index (κ2) is 10.8. The second-order valence-corrected chi connectivity index (χ2v) is 7.55. The molecule has 0 radical (unpaired) electrons. The van der Waals surface area contributed by atoms with E-state index in [0.29, 0.717) is 31.9 Å². The van der Waals surface area contributed by atoms with Gasteiger partial charge in [0.05, 0.1) is 13.2 Å². The molecule has 0 saturated carbocycles. The molecule has 0 bridgehead atoms. The Morgan fingerprint density at radius 1 is 1.29 bits per heavy atom. The minimum Gasteiger partial charge on any atom is -0.494 e. The van der Waals surface area contributed by atoms with Crippen LogP contribution in [0.4, 0.5) is 10.1 Å². The summed E-state index contributed by atoms with van der Waals surface area (Å²) in [6, 6.07) is 12.8. The van der Waals surface area contributed by atoms with Crippen LogP contribution in [0.1, 0.15) is 43.9 Å². The molecule has 166 valence electrons. The van der Waals surface area contributed by atoms with Gasteiger partial charge >= 0.3 is 0 Å². The van der Waals surface area contributed by atoms with Crippen molar-refractivity contribution in [3.8, 4) is 5.75 Å². The van der Waals surface area contributed by atoms with Gasteiger partial charge in [-0.3, -0.25) is 9.79 Å². The van der Waals surface area contributed by atoms with Crippen LogP contribution in [0.2, 0.25) is 0 Å². The van der Waals surface area contributed by atoms with Gasteiger partial charge in [-0.15, -0.1) is 0 Å². The smallest absolute Gasteiger partial charge is 0.227 e. The Labute approximate surface area is 183 Å². The Morgan fingerprint density at radius 3 is 2.84 bits per heavy atom. The van der Waals surface area contributed by atoms with E-state index in [9.17, 15) is 9.18 Å². The van der Waals surface area contributed by atoms with Gasteiger partial charge in [0.1, 0.15) is 0 Å². The predicted molar refractivity (Wildman–Crippen MR) is 122 cm³/mol. The zero-order valence-electron chi connectivity index (χ0n) is 18.5. The lowest BCUT2D eigenvalue weighted by Crippen LogP contribution is -2.38. The van der Waals surface area contributed by atoms with Crippen molar-refractivity contribution in [3.63, 3.8) is 0 Å². The standard InChI is InChI=1S/C24H31FN4O2/c1-4-26-24(28-17(2)19-11-12-22(31-3)20(25)16-19)27-14-7-10-23(30)29-15-13-18-8-5-6-9-21(18)29/h5-6,8-9,11-12,16-17H,4,7,10,13-15H2,1-3H3,(H2,26,27,28). The molecule has 6 nitrogen and oxygen atoms in total. The summed E-state index contributed by atoms with van der Waals surface area (Å²) in [7, 11) is 1.45. The average molecular weight is 427 g/mol. The number of nitrogens with zero attached hydrogens (tertiary/aromatic N) is 2. The van der Waals surface area contributed by atoms with Crippen molar-refractivity contribution in [2.24, 2.45) is 4.99 Å². The van der Waals surface area contributed by atoms with E-state index in [-0.39, 0.29) is 17.7 Å². The molecular formula is C24H31FN4O2. The number of carbonyl (C=O) groups excluding carboxylic acids is 1. The lowest BCUT2D eigenvalue weighted by atomic mass is 10.1. The van der Waals surface area contributed by atoms with Gasteiger partial charge in [-0.1, -0.05) is 24.3 Å². The van der Waals surface area contributed by atoms with Gasteiger partial charge in [0.25, 0.3) is 0 Å². The Kier molecular flexibility index (Phi) is 7.87. The summed E-state index contributed by atoms with van der Waals surface area (Å²) in [5.41, 5.74) is 3.06. The predicted octanol–water partition coefficient (Wildman–Crippen LogP) is 3.82. The van der Waals surface area contributed by atoms with E-state index >= 15 is 0 Å². The van der Waals surface area contributed by atoms with Crippen molar-refractivity contribution < 1.29 is 13.9 Å². The molecule has 1 aliphatic heterocycles. The molecule has 1 atom stereocenters. The number of anilines is 1. The van der Waals surface area contributed by atoms with Crippen molar-refractivity contribution in [2.75, 3.05) is 31.6 Å². The minimum absolute atomic E-state index is 0.138. The van der Waals surface area contributed by atoms with E-state index < -0.39 is 5.82 Å². The van der Waals surface area contributed by atoms with Gasteiger partial charge in [0.15, 0.2) is 17.5 Å². The van der Waals surface area contributed by atoms with Crippen LogP contribution in [0, 0.1) is 5.82 Å². The summed E-state index contributed by atoms with van der Waals surface area (Å²) in [4.78, 5) is 19.1. The third-order valence-electron chi connectivity index (χ3n) is 5.38. The molecule has 7 heteroatoms. The maximum atomic E-state index is 14.0. The number of hydrogen-bond donors (Lipinski definition) is 2. The fourth-order valence-corrected chi connectivity index (χ4v) is 3.71. The first-order valence-corrected chi connectivity index (χ1v) is 10.8. The minimum atomic E-state index is -0.391. The molecule has 0 fully saturated rings. The fraction of sp³-hybridized carbons (Fsp3) is 0.417. The molecule has 0 spiro atoms. The molecule has 2 aromatic carbocycles. The van der Waals surface area contributed by atoms with Gasteiger partial charge in [-0.05, 0) is 56.0 Å². The Hall–Kier alpha value is -3.09. The number of fused-ring (bicyclic) bond motifs is 1. The van der Waals surface area contributed by atoms with Crippen molar-refractivity contribution >= 4 is 17.6 Å². The summed E-state index contributed by atoms with van der Waals surface area (Å²) >= 11 is 0. The normalized spacial score (nSPS) is 14.2. The number of amides is 1. The Balaban J connectivity index is 1.52. The monoisotopic (exact) mass is 426 g/mol. The Morgan fingerprint density at radius 2 is 2.10 bits per heavy atom. The number of nitrogens with one attached hydrogen (secondary N) is 2. The number of ether oxygens (including phenoxy) is 1. The number of aliphatic imine (C=N–C) groups is 1. The topological polar surface area (TPSA) is 66.0 Å². The molecule has 1 aliphatic rings. The van der Waals surface area contributed by atoms with E-state index in [1.165, 1.54) is 18.7 Å². The van der Waals surface area contributed by atoms with Gasteiger partial charge in [0.2, 0.25) is 5.91 Å². The number of para-hydroxylation sites is 1. The molecule has 0 aliphatic carbocycles. The van der Waals surface area contributed by atoms with E-state index in [1.54, 1.807) is 6.07 Å². The van der Waals surface area contributed by atoms with Crippen LogP contribution in [-0.4, -0.2) is 38.6 Å². The lowest BCUT2D eigenvalue weighted by Gasteiger charge is -2.19. The highest BCUT2D eigenvalue weighted by Crippen LogP contribution is 2.28. The molecule has 0 aromatic heterocycles. The number of guanidine groups is 1. The van der Waals surface area contributed by atoms with Crippen LogP contribution in [0.5, 0.6) is 5.75 Å². The zero-order chi connectivity index (χ0) is 22.2. The van der Waals surface area contributed by atoms with E-state index in [2.05, 4.69) is 21.7 Å². The highest BCUT2D eigenvalue weighted by Gasteiger charge is 2.23. The highest BCUT2D eigenvalue weighted by molar-refractivity contribution is 5.95. The number of rotatable bonds is 8. The fourth-order valence-electron chi connectivity index (χ4n) is 3.71. The largest absolute Gasteiger partial charge is 0.494 e. The van der Waals surface area contributed by atoms with E-state index in [4.69, 9.17) is 4.74 Å². The molecule has 1 unspecified atom stereocenters. The molecule has 2 N–H and O–H groups in total. The third-order valence-corrected chi connectivity index (χ3v) is 5.38. The first-order valence-electron chi connectivity index (χ1n) is 10.8. The van der Waals surface area contributed by atoms with Crippen LogP contribution in [0.15, 0.2) is 47.5 Å². The first-order chi connectivity index (χ1) is 15.0. The zero-order valence-corrected chi connectivity index (χ0v) is 18.5. The maximum absolute atomic E-state index is 14.0. The number of hydrogen-bond acceptors (Lipinski definition) is 3. The van der Waals surface area contributed by atoms with Crippen LogP contribution < -0.4 is 20.3 Å². The summed E-state index contributed by atoms with van der Waals surface area (Å²) in [6.45, 7) is 5.92. The Bertz CT molecular complexity index is 932. The van der Waals surface area contributed by atoms with E-state index in [1.807, 2.05) is 43.0 Å². The van der Waals surface area contributed by atoms with Crippen molar-refractivity contribution in [1.82, 2.24) is 10.6 Å². The van der Waals surface area contributed by atoms with Crippen molar-refractivity contribution in [3.05, 3.63) is 59.4 Å². The number of methoxy groups -OCH3 is 1. The van der Waals surface area contributed by atoms with E-state index in [0.717, 1.165) is 24.2 Å². The van der Waals surface area contributed by atoms with Gasteiger partial charge < -0.3 is 20.3 Å². The average Bonchev–Trinajstić information content (AvgIpc) is 3.21. The van der Waals surface area contributed by atoms with Crippen molar-refractivity contribution in [1.29, 1.82) is 0 Å². The molecule has 1 amide bonds. The first kappa shape index (κ1) is 22.6. The van der Waals surface area contributed by atoms with Gasteiger partial charge in [0, 0.05) is 31.7 Å². The van der Waals surface area contributed by atoms with Crippen LogP contribution >= 0.6 is 0 Å². The quantitative estimate of drug-likeness (QED) is 0.383. The summed E-state index contributed by atoms with van der Waals surface area (Å²) in [6.07, 6.45) is 2.04. The summed E-state index contributed by atoms with van der Waals surface area (Å²) in [5.74, 6) is 0.616. The molecule has 2 aromatic rings. The van der Waals surface area contributed by atoms with Gasteiger partial charge in [-0.2, -0.15) is 0 Å². The van der Waals surface area contributed by atoms with Crippen LogP contribution in [-0.2, 0) is 11.2 Å². The molecular weight excluding hydrogens is 395 g/mol. The maximum Gasteiger partial charge on any atom is 0.227 e. The molecule has 0 saturated heterocycles. The second-order valence-electron chi connectivity index (χ2n) is 7.55. The lowest BCUT2D eigenvalue weighted by molar-refractivity contribution is -0.118. The summed E-state index contributed by atoms with van der Waals surface area (Å²) in [5, 5.41) is 6.49. The number of carbonyl (C=O) groups is 1. The molecule has 31 heavy (non-hydrogen) atoms. The van der Waals surface area contributed by atoms with Crippen molar-refractivity contribution in [2.45, 2.75) is 39.2 Å². The molecule has 1 heterocycles. The number of halogens is 1. The SMILES string of the molecule is CCNC(=NCCCC(=O)N1CCc2ccccc21)NC(C)c1ccc(OC)c(F)c1. The molecule has 3 rings (SSSR count). The highest BCUT2D eigenvalue weighted by atomic mass is 19.1. The van der Waals surface area contributed by atoms with Crippen LogP contribution in [0.25, 0.3) is 0 Å². The summed E-state index contributed by atoms with van der Waals surface area (Å²) < 4.78 is 19.0. The third kappa shape index (κ3) is 5.75. The van der Waals surface area contributed by atoms with Crippen LogP contribution in [0.3, 0.4) is 0 Å². The number of benzene rings is 2.